The maximum Gasteiger partial charge on any atom is 0.129 e. The van der Waals surface area contributed by atoms with Crippen LogP contribution in [0.1, 0.15) is 18.7 Å². The minimum atomic E-state index is -0.798. The molecule has 1 rings (SSSR count). The van der Waals surface area contributed by atoms with Gasteiger partial charge in [-0.1, -0.05) is 20.1 Å². The molecule has 0 N–H and O–H groups in total. The Morgan fingerprint density at radius 1 is 1.56 bits per heavy atom. The first-order valence-electron chi connectivity index (χ1n) is 4.83. The van der Waals surface area contributed by atoms with E-state index in [1.165, 1.54) is 0 Å². The Balaban J connectivity index is 3.22. The lowest BCUT2D eigenvalue weighted by molar-refractivity contribution is 0.576. The molecule has 0 amide bonds. The van der Waals surface area contributed by atoms with Crippen LogP contribution in [0.5, 0.6) is 0 Å². The predicted octanol–water partition coefficient (Wildman–Crippen LogP) is 3.42. The maximum absolute atomic E-state index is 13.4. The molecule has 0 aliphatic heterocycles. The molecule has 2 nitrogen and oxygen atoms in total. The highest BCUT2D eigenvalue weighted by molar-refractivity contribution is 5.37. The van der Waals surface area contributed by atoms with Gasteiger partial charge in [-0.15, -0.1) is 0 Å². The van der Waals surface area contributed by atoms with Gasteiger partial charge in [0.1, 0.15) is 17.5 Å². The smallest absolute Gasteiger partial charge is 0.129 e. The van der Waals surface area contributed by atoms with Gasteiger partial charge < -0.3 is 4.57 Å². The standard InChI is InChI=1S/C12H14F2N2/c1-5-10(14)11(9(3)13)8(2)12-15-6-7-16(12)4/h5-8H,1,3H2,2,4H3/b11-10+. The Kier molecular flexibility index (Phi) is 3.77. The molecule has 16 heavy (non-hydrogen) atoms. The Bertz CT molecular complexity index is 444. The number of aryl methyl sites for hydroxylation is 1. The van der Waals surface area contributed by atoms with E-state index in [4.69, 9.17) is 0 Å². The molecule has 1 unspecified atom stereocenters. The van der Waals surface area contributed by atoms with Crippen LogP contribution in [0.15, 0.2) is 48.9 Å². The molecule has 1 heterocycles. The van der Waals surface area contributed by atoms with Crippen molar-refractivity contribution in [3.8, 4) is 0 Å². The van der Waals surface area contributed by atoms with Crippen molar-refractivity contribution in [2.45, 2.75) is 12.8 Å². The van der Waals surface area contributed by atoms with Gasteiger partial charge in [-0.2, -0.15) is 0 Å². The van der Waals surface area contributed by atoms with E-state index in [0.29, 0.717) is 5.82 Å². The van der Waals surface area contributed by atoms with E-state index in [9.17, 15) is 8.78 Å². The van der Waals surface area contributed by atoms with Crippen molar-refractivity contribution in [1.82, 2.24) is 9.55 Å². The zero-order valence-electron chi connectivity index (χ0n) is 9.37. The summed E-state index contributed by atoms with van der Waals surface area (Å²) in [6.07, 6.45) is 4.27. The molecule has 1 atom stereocenters. The average Bonchev–Trinajstić information content (AvgIpc) is 2.63. The van der Waals surface area contributed by atoms with E-state index >= 15 is 0 Å². The fourth-order valence-electron chi connectivity index (χ4n) is 1.60. The second-order valence-corrected chi connectivity index (χ2v) is 3.49. The highest BCUT2D eigenvalue weighted by atomic mass is 19.1. The van der Waals surface area contributed by atoms with Gasteiger partial charge in [0.05, 0.1) is 0 Å². The van der Waals surface area contributed by atoms with Gasteiger partial charge in [0, 0.05) is 30.9 Å². The number of nitrogens with zero attached hydrogens (tertiary/aromatic N) is 2. The molecule has 0 fully saturated rings. The third-order valence-corrected chi connectivity index (χ3v) is 2.41. The highest BCUT2D eigenvalue weighted by Crippen LogP contribution is 2.31. The minimum absolute atomic E-state index is 0.107. The van der Waals surface area contributed by atoms with Gasteiger partial charge in [0.25, 0.3) is 0 Å². The second-order valence-electron chi connectivity index (χ2n) is 3.49. The maximum atomic E-state index is 13.4. The molecule has 0 aromatic carbocycles. The Morgan fingerprint density at radius 3 is 2.56 bits per heavy atom. The lowest BCUT2D eigenvalue weighted by Crippen LogP contribution is -2.07. The van der Waals surface area contributed by atoms with Gasteiger partial charge in [-0.3, -0.25) is 0 Å². The Labute approximate surface area is 93.6 Å². The van der Waals surface area contributed by atoms with Gasteiger partial charge in [0.2, 0.25) is 0 Å². The summed E-state index contributed by atoms with van der Waals surface area (Å²) in [6, 6.07) is 0. The molecule has 0 saturated heterocycles. The summed E-state index contributed by atoms with van der Waals surface area (Å²) in [6.45, 7) is 8.09. The zero-order valence-corrected chi connectivity index (χ0v) is 9.37. The molecule has 0 radical (unpaired) electrons. The summed E-state index contributed by atoms with van der Waals surface area (Å²) >= 11 is 0. The number of hydrogen-bond acceptors (Lipinski definition) is 1. The minimum Gasteiger partial charge on any atom is -0.338 e. The molecule has 0 aliphatic rings. The van der Waals surface area contributed by atoms with Gasteiger partial charge in [0.15, 0.2) is 0 Å². The van der Waals surface area contributed by atoms with Crippen molar-refractivity contribution < 1.29 is 8.78 Å². The molecule has 0 spiro atoms. The number of allylic oxidation sites excluding steroid dienone is 4. The van der Waals surface area contributed by atoms with E-state index in [-0.39, 0.29) is 5.57 Å². The second kappa shape index (κ2) is 4.88. The molecular formula is C12H14F2N2. The normalized spacial score (nSPS) is 14.2. The van der Waals surface area contributed by atoms with Crippen LogP contribution in [-0.2, 0) is 7.05 Å². The lowest BCUT2D eigenvalue weighted by Gasteiger charge is -2.14. The van der Waals surface area contributed by atoms with Crippen LogP contribution in [0, 0.1) is 0 Å². The zero-order chi connectivity index (χ0) is 12.3. The first-order valence-corrected chi connectivity index (χ1v) is 4.83. The first kappa shape index (κ1) is 12.4. The number of hydrogen-bond donors (Lipinski definition) is 0. The fraction of sp³-hybridized carbons (Fsp3) is 0.250. The van der Waals surface area contributed by atoms with Crippen LogP contribution in [0.4, 0.5) is 8.78 Å². The van der Waals surface area contributed by atoms with Crippen LogP contribution in [0.2, 0.25) is 0 Å². The summed E-state index contributed by atoms with van der Waals surface area (Å²) in [7, 11) is 1.77. The third-order valence-electron chi connectivity index (χ3n) is 2.41. The van der Waals surface area contributed by atoms with Crippen LogP contribution in [-0.4, -0.2) is 9.55 Å². The van der Waals surface area contributed by atoms with Gasteiger partial charge in [-0.05, 0) is 6.08 Å². The van der Waals surface area contributed by atoms with Crippen LogP contribution >= 0.6 is 0 Å². The first-order chi connectivity index (χ1) is 7.49. The molecular weight excluding hydrogens is 210 g/mol. The summed E-state index contributed by atoms with van der Waals surface area (Å²) in [4.78, 5) is 4.06. The molecule has 1 aromatic heterocycles. The van der Waals surface area contributed by atoms with Crippen molar-refractivity contribution >= 4 is 0 Å². The number of aromatic nitrogens is 2. The summed E-state index contributed by atoms with van der Waals surface area (Å²) in [5.74, 6) is -1.43. The highest BCUT2D eigenvalue weighted by Gasteiger charge is 2.21. The molecule has 0 bridgehead atoms. The van der Waals surface area contributed by atoms with E-state index in [0.717, 1.165) is 6.08 Å². The van der Waals surface area contributed by atoms with Crippen molar-refractivity contribution in [1.29, 1.82) is 0 Å². The Morgan fingerprint density at radius 2 is 2.19 bits per heavy atom. The van der Waals surface area contributed by atoms with E-state index in [2.05, 4.69) is 18.1 Å². The van der Waals surface area contributed by atoms with Crippen LogP contribution in [0.3, 0.4) is 0 Å². The van der Waals surface area contributed by atoms with Crippen molar-refractivity contribution in [2.24, 2.45) is 7.05 Å². The average molecular weight is 224 g/mol. The molecule has 4 heteroatoms. The lowest BCUT2D eigenvalue weighted by atomic mass is 9.98. The summed E-state index contributed by atoms with van der Waals surface area (Å²) in [5, 5.41) is 0. The van der Waals surface area contributed by atoms with Crippen molar-refractivity contribution in [2.75, 3.05) is 0 Å². The topological polar surface area (TPSA) is 17.8 Å². The molecule has 0 aliphatic carbocycles. The summed E-state index contributed by atoms with van der Waals surface area (Å²) in [5.41, 5.74) is -0.107. The molecule has 86 valence electrons. The molecule has 1 aromatic rings. The number of imidazole rings is 1. The van der Waals surface area contributed by atoms with E-state index in [1.807, 2.05) is 0 Å². The van der Waals surface area contributed by atoms with Crippen LogP contribution in [0.25, 0.3) is 0 Å². The van der Waals surface area contributed by atoms with E-state index < -0.39 is 17.6 Å². The van der Waals surface area contributed by atoms with E-state index in [1.54, 1.807) is 30.9 Å². The van der Waals surface area contributed by atoms with Gasteiger partial charge in [-0.25, -0.2) is 13.8 Å². The largest absolute Gasteiger partial charge is 0.338 e. The SMILES string of the molecule is C=C/C(F)=C(\C(=C)F)C(C)c1nccn1C. The number of rotatable bonds is 4. The Hall–Kier alpha value is -1.71. The summed E-state index contributed by atoms with van der Waals surface area (Å²) < 4.78 is 28.4. The van der Waals surface area contributed by atoms with Crippen LogP contribution < -0.4 is 0 Å². The predicted molar refractivity (Wildman–Crippen MR) is 60.2 cm³/mol. The quantitative estimate of drug-likeness (QED) is 0.716. The van der Waals surface area contributed by atoms with Gasteiger partial charge >= 0.3 is 0 Å². The number of halogens is 2. The third kappa shape index (κ3) is 2.27. The molecule has 0 saturated carbocycles. The van der Waals surface area contributed by atoms with Crippen molar-refractivity contribution in [3.05, 3.63) is 54.7 Å². The fourth-order valence-corrected chi connectivity index (χ4v) is 1.60. The monoisotopic (exact) mass is 224 g/mol. The van der Waals surface area contributed by atoms with Crippen molar-refractivity contribution in [3.63, 3.8) is 0 Å².